The van der Waals surface area contributed by atoms with E-state index in [2.05, 4.69) is 33.0 Å². The lowest BCUT2D eigenvalue weighted by Crippen LogP contribution is -2.14. The van der Waals surface area contributed by atoms with Crippen LogP contribution in [-0.2, 0) is 6.54 Å². The quantitative estimate of drug-likeness (QED) is 0.650. The first-order valence-corrected chi connectivity index (χ1v) is 8.04. The van der Waals surface area contributed by atoms with Crippen LogP contribution in [0.4, 0.5) is 10.2 Å². The molecule has 1 heterocycles. The lowest BCUT2D eigenvalue weighted by atomic mass is 10.2. The molecule has 3 rings (SSSR count). The van der Waals surface area contributed by atoms with E-state index in [9.17, 15) is 9.18 Å². The monoisotopic (exact) mass is 421 g/mol. The zero-order chi connectivity index (χ0) is 16.2. The maximum absolute atomic E-state index is 13.6. The topological polar surface area (TPSA) is 46.9 Å². The van der Waals surface area contributed by atoms with Crippen molar-refractivity contribution in [1.29, 1.82) is 0 Å². The smallest absolute Gasteiger partial charge is 0.257 e. The second kappa shape index (κ2) is 6.91. The molecule has 0 unspecified atom stereocenters. The molecule has 1 N–H and O–H groups in total. The number of nitrogens with one attached hydrogen (secondary N) is 1. The summed E-state index contributed by atoms with van der Waals surface area (Å²) < 4.78 is 16.1. The van der Waals surface area contributed by atoms with Crippen molar-refractivity contribution in [3.63, 3.8) is 0 Å². The molecule has 0 saturated heterocycles. The molecule has 0 atom stereocenters. The molecule has 3 aromatic rings. The van der Waals surface area contributed by atoms with Gasteiger partial charge >= 0.3 is 0 Å². The number of hydrogen-bond acceptors (Lipinski definition) is 2. The molecule has 1 amide bonds. The summed E-state index contributed by atoms with van der Waals surface area (Å²) in [4.78, 5) is 12.2. The fourth-order valence-electron chi connectivity index (χ4n) is 2.15. The fourth-order valence-corrected chi connectivity index (χ4v) is 2.78. The third-order valence-corrected chi connectivity index (χ3v) is 4.23. The standard InChI is InChI=1S/C17H13FIN3O/c18-14-7-3-1-5-12(14)11-22-10-9-16(21-22)20-17(23)13-6-2-4-8-15(13)19/h1-10H,11H2,(H,20,21,23). The summed E-state index contributed by atoms with van der Waals surface area (Å²) in [5, 5.41) is 7.01. The molecule has 6 heteroatoms. The van der Waals surface area contributed by atoms with E-state index in [1.807, 2.05) is 18.2 Å². The molecule has 0 fully saturated rings. The largest absolute Gasteiger partial charge is 0.305 e. The fraction of sp³-hybridized carbons (Fsp3) is 0.0588. The third kappa shape index (κ3) is 3.76. The lowest BCUT2D eigenvalue weighted by Gasteiger charge is -2.05. The zero-order valence-corrected chi connectivity index (χ0v) is 14.2. The molecule has 0 aliphatic carbocycles. The van der Waals surface area contributed by atoms with Crippen LogP contribution < -0.4 is 5.32 Å². The van der Waals surface area contributed by atoms with Crippen LogP contribution in [0.15, 0.2) is 60.8 Å². The van der Waals surface area contributed by atoms with Gasteiger partial charge in [-0.2, -0.15) is 5.10 Å². The number of benzene rings is 2. The molecule has 0 saturated carbocycles. The van der Waals surface area contributed by atoms with Crippen molar-refractivity contribution in [3.8, 4) is 0 Å². The number of rotatable bonds is 4. The molecular formula is C17H13FIN3O. The maximum atomic E-state index is 13.6. The Labute approximate surface area is 146 Å². The molecule has 23 heavy (non-hydrogen) atoms. The van der Waals surface area contributed by atoms with E-state index in [-0.39, 0.29) is 11.7 Å². The molecule has 0 aliphatic rings. The Kier molecular flexibility index (Phi) is 4.71. The molecule has 1 aromatic heterocycles. The molecule has 0 aliphatic heterocycles. The minimum absolute atomic E-state index is 0.217. The van der Waals surface area contributed by atoms with Crippen molar-refractivity contribution in [2.75, 3.05) is 5.32 Å². The van der Waals surface area contributed by atoms with Crippen molar-refractivity contribution in [1.82, 2.24) is 9.78 Å². The number of nitrogens with zero attached hydrogens (tertiary/aromatic N) is 2. The normalized spacial score (nSPS) is 10.5. The van der Waals surface area contributed by atoms with Gasteiger partial charge in [-0.05, 0) is 40.8 Å². The summed E-state index contributed by atoms with van der Waals surface area (Å²) in [6.07, 6.45) is 1.71. The van der Waals surface area contributed by atoms with Crippen molar-refractivity contribution in [2.24, 2.45) is 0 Å². The third-order valence-electron chi connectivity index (χ3n) is 3.29. The molecular weight excluding hydrogens is 408 g/mol. The molecule has 2 aromatic carbocycles. The second-order valence-corrected chi connectivity index (χ2v) is 6.09. The van der Waals surface area contributed by atoms with Gasteiger partial charge < -0.3 is 5.32 Å². The van der Waals surface area contributed by atoms with E-state index < -0.39 is 0 Å². The first-order valence-electron chi connectivity index (χ1n) is 6.96. The average molecular weight is 421 g/mol. The van der Waals surface area contributed by atoms with E-state index in [0.29, 0.717) is 23.5 Å². The Hall–Kier alpha value is -2.22. The highest BCUT2D eigenvalue weighted by Gasteiger charge is 2.11. The minimum atomic E-state index is -0.271. The highest BCUT2D eigenvalue weighted by Crippen LogP contribution is 2.14. The molecule has 4 nitrogen and oxygen atoms in total. The van der Waals surface area contributed by atoms with E-state index in [4.69, 9.17) is 0 Å². The van der Waals surface area contributed by atoms with Gasteiger partial charge in [-0.3, -0.25) is 9.48 Å². The first-order chi connectivity index (χ1) is 11.1. The Morgan fingerprint density at radius 1 is 1.13 bits per heavy atom. The number of carbonyl (C=O) groups is 1. The van der Waals surface area contributed by atoms with Crippen molar-refractivity contribution >= 4 is 34.3 Å². The summed E-state index contributed by atoms with van der Waals surface area (Å²) in [6, 6.07) is 15.6. The van der Waals surface area contributed by atoms with Crippen LogP contribution >= 0.6 is 22.6 Å². The number of carbonyl (C=O) groups excluding carboxylic acids is 1. The van der Waals surface area contributed by atoms with Gasteiger partial charge in [-0.25, -0.2) is 4.39 Å². The van der Waals surface area contributed by atoms with Crippen LogP contribution in [0, 0.1) is 9.39 Å². The van der Waals surface area contributed by atoms with Gasteiger partial charge in [0.1, 0.15) is 5.82 Å². The van der Waals surface area contributed by atoms with Crippen LogP contribution in [0.3, 0.4) is 0 Å². The SMILES string of the molecule is O=C(Nc1ccn(Cc2ccccc2F)n1)c1ccccc1I. The number of amides is 1. The Morgan fingerprint density at radius 2 is 1.87 bits per heavy atom. The number of hydrogen-bond donors (Lipinski definition) is 1. The van der Waals surface area contributed by atoms with Gasteiger partial charge in [0, 0.05) is 21.4 Å². The number of aromatic nitrogens is 2. The van der Waals surface area contributed by atoms with Crippen LogP contribution in [0.1, 0.15) is 15.9 Å². The van der Waals surface area contributed by atoms with Gasteiger partial charge in [0.2, 0.25) is 0 Å². The Morgan fingerprint density at radius 3 is 2.65 bits per heavy atom. The highest BCUT2D eigenvalue weighted by molar-refractivity contribution is 14.1. The molecule has 0 spiro atoms. The van der Waals surface area contributed by atoms with Crippen LogP contribution in [-0.4, -0.2) is 15.7 Å². The predicted octanol–water partition coefficient (Wildman–Crippen LogP) is 3.93. The van der Waals surface area contributed by atoms with Gasteiger partial charge in [0.15, 0.2) is 5.82 Å². The van der Waals surface area contributed by atoms with E-state index in [1.54, 1.807) is 41.2 Å². The number of anilines is 1. The van der Waals surface area contributed by atoms with Gasteiger partial charge in [0.25, 0.3) is 5.91 Å². The second-order valence-electron chi connectivity index (χ2n) is 4.92. The van der Waals surface area contributed by atoms with Crippen molar-refractivity contribution < 1.29 is 9.18 Å². The van der Waals surface area contributed by atoms with Crippen LogP contribution in [0.5, 0.6) is 0 Å². The predicted molar refractivity (Wildman–Crippen MR) is 94.8 cm³/mol. The molecule has 0 radical (unpaired) electrons. The van der Waals surface area contributed by atoms with E-state index in [0.717, 1.165) is 3.57 Å². The number of halogens is 2. The first kappa shape index (κ1) is 15.7. The summed E-state index contributed by atoms with van der Waals surface area (Å²) in [5.74, 6) is -0.0513. The van der Waals surface area contributed by atoms with Crippen molar-refractivity contribution in [2.45, 2.75) is 6.54 Å². The zero-order valence-electron chi connectivity index (χ0n) is 12.0. The lowest BCUT2D eigenvalue weighted by molar-refractivity contribution is 0.102. The van der Waals surface area contributed by atoms with Crippen LogP contribution in [0.25, 0.3) is 0 Å². The highest BCUT2D eigenvalue weighted by atomic mass is 127. The maximum Gasteiger partial charge on any atom is 0.257 e. The average Bonchev–Trinajstić information content (AvgIpc) is 2.97. The Balaban J connectivity index is 1.72. The minimum Gasteiger partial charge on any atom is -0.305 e. The Bertz CT molecular complexity index is 847. The van der Waals surface area contributed by atoms with Gasteiger partial charge in [-0.15, -0.1) is 0 Å². The summed E-state index contributed by atoms with van der Waals surface area (Å²) in [7, 11) is 0. The van der Waals surface area contributed by atoms with E-state index >= 15 is 0 Å². The summed E-state index contributed by atoms with van der Waals surface area (Å²) in [5.41, 5.74) is 1.14. The van der Waals surface area contributed by atoms with Crippen LogP contribution in [0.2, 0.25) is 0 Å². The van der Waals surface area contributed by atoms with Gasteiger partial charge in [0.05, 0.1) is 12.1 Å². The summed E-state index contributed by atoms with van der Waals surface area (Å²) in [6.45, 7) is 0.311. The molecule has 116 valence electrons. The molecule has 0 bridgehead atoms. The van der Waals surface area contributed by atoms with Gasteiger partial charge in [-0.1, -0.05) is 30.3 Å². The summed E-state index contributed by atoms with van der Waals surface area (Å²) >= 11 is 2.11. The van der Waals surface area contributed by atoms with Crippen molar-refractivity contribution in [3.05, 3.63) is 81.3 Å². The van der Waals surface area contributed by atoms with E-state index in [1.165, 1.54) is 6.07 Å².